The Hall–Kier alpha value is -3.89. The number of nitrogens with one attached hydrogen (secondary N) is 3. The van der Waals surface area contributed by atoms with Gasteiger partial charge in [-0.2, -0.15) is 5.10 Å². The molecule has 3 N–H and O–H groups in total. The first-order valence-corrected chi connectivity index (χ1v) is 13.3. The molecule has 1 aliphatic rings. The van der Waals surface area contributed by atoms with Crippen LogP contribution >= 0.6 is 11.3 Å². The Balaban J connectivity index is 1.29. The van der Waals surface area contributed by atoms with Gasteiger partial charge in [0.1, 0.15) is 11.4 Å². The predicted molar refractivity (Wildman–Crippen MR) is 144 cm³/mol. The molecule has 9 nitrogen and oxygen atoms in total. The van der Waals surface area contributed by atoms with E-state index in [1.165, 1.54) is 16.0 Å². The highest BCUT2D eigenvalue weighted by molar-refractivity contribution is 7.11. The van der Waals surface area contributed by atoms with Gasteiger partial charge in [0.05, 0.1) is 29.0 Å². The van der Waals surface area contributed by atoms with E-state index in [2.05, 4.69) is 61.4 Å². The van der Waals surface area contributed by atoms with Gasteiger partial charge in [0, 0.05) is 47.7 Å². The molecule has 0 bridgehead atoms. The average Bonchev–Trinajstić information content (AvgIpc) is 3.64. The molecule has 0 saturated carbocycles. The Morgan fingerprint density at radius 1 is 1.22 bits per heavy atom. The van der Waals surface area contributed by atoms with Crippen LogP contribution in [-0.4, -0.2) is 54.0 Å². The van der Waals surface area contributed by atoms with E-state index in [0.29, 0.717) is 30.3 Å². The molecule has 37 heavy (non-hydrogen) atoms. The van der Waals surface area contributed by atoms with Gasteiger partial charge >= 0.3 is 0 Å². The number of H-pyrrole nitrogens is 2. The topological polar surface area (TPSA) is 115 Å². The van der Waals surface area contributed by atoms with Crippen molar-refractivity contribution in [1.82, 2.24) is 40.3 Å². The van der Waals surface area contributed by atoms with Gasteiger partial charge in [-0.1, -0.05) is 13.0 Å². The first kappa shape index (κ1) is 23.5. The second-order valence-electron chi connectivity index (χ2n) is 9.31. The molecule has 4 aromatic heterocycles. The number of rotatable bonds is 6. The molecule has 0 aliphatic carbocycles. The number of carbonyl (C=O) groups is 1. The third-order valence-corrected chi connectivity index (χ3v) is 7.91. The SMILES string of the molecule is CCNCc1cncc(-c2ccc3[nH]nc(-c4ncc(C(=O)N5CCc6nc(C)sc6C5)[nH]4)c3c2)c1C. The van der Waals surface area contributed by atoms with Gasteiger partial charge < -0.3 is 15.2 Å². The van der Waals surface area contributed by atoms with E-state index in [4.69, 9.17) is 0 Å². The number of aryl methyl sites for hydroxylation is 1. The summed E-state index contributed by atoms with van der Waals surface area (Å²) < 4.78 is 0. The van der Waals surface area contributed by atoms with Crippen molar-refractivity contribution >= 4 is 28.1 Å². The number of fused-ring (bicyclic) bond motifs is 2. The number of nitrogens with zero attached hydrogens (tertiary/aromatic N) is 5. The number of amides is 1. The van der Waals surface area contributed by atoms with Crippen molar-refractivity contribution < 1.29 is 4.79 Å². The molecule has 0 radical (unpaired) electrons. The Labute approximate surface area is 218 Å². The molecule has 1 amide bonds. The van der Waals surface area contributed by atoms with Crippen LogP contribution in [0.25, 0.3) is 33.5 Å². The molecule has 5 heterocycles. The van der Waals surface area contributed by atoms with E-state index < -0.39 is 0 Å². The third kappa shape index (κ3) is 4.32. The highest BCUT2D eigenvalue weighted by atomic mass is 32.1. The highest BCUT2D eigenvalue weighted by Crippen LogP contribution is 2.32. The van der Waals surface area contributed by atoms with Crippen LogP contribution in [0.3, 0.4) is 0 Å². The smallest absolute Gasteiger partial charge is 0.272 e. The highest BCUT2D eigenvalue weighted by Gasteiger charge is 2.26. The number of aromatic nitrogens is 6. The minimum absolute atomic E-state index is 0.0600. The second-order valence-corrected chi connectivity index (χ2v) is 10.6. The summed E-state index contributed by atoms with van der Waals surface area (Å²) in [5, 5.41) is 13.0. The quantitative estimate of drug-likeness (QED) is 0.311. The van der Waals surface area contributed by atoms with Gasteiger partial charge in [0.15, 0.2) is 5.82 Å². The van der Waals surface area contributed by atoms with Gasteiger partial charge in [0.2, 0.25) is 0 Å². The standard InChI is InChI=1S/C27H28N8OS/c1-4-28-10-18-11-29-12-20(15(18)2)17-5-6-21-19(9-17)25(34-33-21)26-30-13-23(32-26)27(36)35-8-7-22-24(14-35)37-16(3)31-22/h5-6,9,11-13,28H,4,7-8,10,14H2,1-3H3,(H,30,32)(H,33,34). The fourth-order valence-electron chi connectivity index (χ4n) is 4.88. The average molecular weight is 513 g/mol. The van der Waals surface area contributed by atoms with Gasteiger partial charge in [-0.05, 0) is 49.2 Å². The van der Waals surface area contributed by atoms with E-state index >= 15 is 0 Å². The normalized spacial score (nSPS) is 13.3. The van der Waals surface area contributed by atoms with Crippen molar-refractivity contribution in [2.24, 2.45) is 0 Å². The number of benzene rings is 1. The van der Waals surface area contributed by atoms with Crippen molar-refractivity contribution in [3.8, 4) is 22.6 Å². The lowest BCUT2D eigenvalue weighted by Gasteiger charge is -2.25. The van der Waals surface area contributed by atoms with Gasteiger partial charge in [-0.15, -0.1) is 11.3 Å². The van der Waals surface area contributed by atoms with Crippen molar-refractivity contribution in [2.45, 2.75) is 40.3 Å². The van der Waals surface area contributed by atoms with Crippen LogP contribution in [0.1, 0.15) is 44.1 Å². The fraction of sp³-hybridized carbons (Fsp3) is 0.296. The molecule has 0 spiro atoms. The molecule has 5 aromatic rings. The summed E-state index contributed by atoms with van der Waals surface area (Å²) in [4.78, 5) is 33.1. The monoisotopic (exact) mass is 512 g/mol. The number of thiazole rings is 1. The molecule has 0 unspecified atom stereocenters. The summed E-state index contributed by atoms with van der Waals surface area (Å²) in [5.74, 6) is 0.504. The van der Waals surface area contributed by atoms with Crippen molar-refractivity contribution in [3.05, 3.63) is 69.2 Å². The maximum absolute atomic E-state index is 13.2. The van der Waals surface area contributed by atoms with Gasteiger partial charge in [-0.3, -0.25) is 14.9 Å². The second kappa shape index (κ2) is 9.53. The lowest BCUT2D eigenvalue weighted by atomic mass is 9.98. The lowest BCUT2D eigenvalue weighted by Crippen LogP contribution is -2.35. The number of pyridine rings is 1. The van der Waals surface area contributed by atoms with Crippen molar-refractivity contribution in [1.29, 1.82) is 0 Å². The van der Waals surface area contributed by atoms with Crippen LogP contribution in [-0.2, 0) is 19.5 Å². The van der Waals surface area contributed by atoms with Crippen LogP contribution in [0.4, 0.5) is 0 Å². The lowest BCUT2D eigenvalue weighted by molar-refractivity contribution is 0.0731. The zero-order valence-corrected chi connectivity index (χ0v) is 21.9. The van der Waals surface area contributed by atoms with Crippen molar-refractivity contribution in [2.75, 3.05) is 13.1 Å². The molecule has 1 aliphatic heterocycles. The minimum Gasteiger partial charge on any atom is -0.333 e. The summed E-state index contributed by atoms with van der Waals surface area (Å²) in [5.41, 5.74) is 7.70. The van der Waals surface area contributed by atoms with Crippen molar-refractivity contribution in [3.63, 3.8) is 0 Å². The Morgan fingerprint density at radius 3 is 2.97 bits per heavy atom. The molecule has 188 valence electrons. The molecule has 6 rings (SSSR count). The number of carbonyl (C=O) groups excluding carboxylic acids is 1. The number of hydrogen-bond acceptors (Lipinski definition) is 7. The predicted octanol–water partition coefficient (Wildman–Crippen LogP) is 4.40. The van der Waals surface area contributed by atoms with E-state index in [9.17, 15) is 4.79 Å². The van der Waals surface area contributed by atoms with Gasteiger partial charge in [-0.25, -0.2) is 9.97 Å². The number of aromatic amines is 2. The summed E-state index contributed by atoms with van der Waals surface area (Å²) in [7, 11) is 0. The molecule has 10 heteroatoms. The van der Waals surface area contributed by atoms with Crippen LogP contribution in [0.5, 0.6) is 0 Å². The first-order valence-electron chi connectivity index (χ1n) is 12.4. The van der Waals surface area contributed by atoms with Crippen LogP contribution in [0.2, 0.25) is 0 Å². The van der Waals surface area contributed by atoms with E-state index in [1.807, 2.05) is 30.3 Å². The zero-order chi connectivity index (χ0) is 25.5. The number of hydrogen-bond donors (Lipinski definition) is 3. The Kier molecular flexibility index (Phi) is 6.05. The maximum atomic E-state index is 13.2. The third-order valence-electron chi connectivity index (χ3n) is 6.91. The van der Waals surface area contributed by atoms with E-state index in [1.54, 1.807) is 17.5 Å². The summed E-state index contributed by atoms with van der Waals surface area (Å²) in [6.07, 6.45) is 6.21. The molecule has 0 fully saturated rings. The van der Waals surface area contributed by atoms with Crippen LogP contribution < -0.4 is 5.32 Å². The maximum Gasteiger partial charge on any atom is 0.272 e. The Bertz CT molecular complexity index is 1610. The molecular formula is C27H28N8OS. The Morgan fingerprint density at radius 2 is 2.11 bits per heavy atom. The molecule has 0 saturated heterocycles. The summed E-state index contributed by atoms with van der Waals surface area (Å²) in [6, 6.07) is 6.21. The number of imidazole rings is 1. The van der Waals surface area contributed by atoms with E-state index in [-0.39, 0.29) is 5.91 Å². The molecule has 0 atom stereocenters. The van der Waals surface area contributed by atoms with Crippen LogP contribution in [0.15, 0.2) is 36.8 Å². The fourth-order valence-corrected chi connectivity index (χ4v) is 5.88. The molecule has 1 aromatic carbocycles. The van der Waals surface area contributed by atoms with E-state index in [0.717, 1.165) is 52.2 Å². The first-order chi connectivity index (χ1) is 18.0. The summed E-state index contributed by atoms with van der Waals surface area (Å²) >= 11 is 1.66. The molecular weight excluding hydrogens is 484 g/mol. The van der Waals surface area contributed by atoms with Crippen LogP contribution in [0, 0.1) is 13.8 Å². The minimum atomic E-state index is -0.0600. The summed E-state index contributed by atoms with van der Waals surface area (Å²) in [6.45, 7) is 9.16. The van der Waals surface area contributed by atoms with Gasteiger partial charge in [0.25, 0.3) is 5.91 Å². The zero-order valence-electron chi connectivity index (χ0n) is 21.1. The largest absolute Gasteiger partial charge is 0.333 e.